The average Bonchev–Trinajstić information content (AvgIpc) is 2.92. The third kappa shape index (κ3) is 7.52. The highest BCUT2D eigenvalue weighted by atomic mass is 35.5. The number of carbonyl (C=O) groups excluding carboxylic acids is 3. The third-order valence-electron chi connectivity index (χ3n) is 5.91. The first kappa shape index (κ1) is 30.2. The van der Waals surface area contributed by atoms with Gasteiger partial charge in [0.15, 0.2) is 11.5 Å². The number of urea groups is 1. The molecule has 1 aliphatic rings. The van der Waals surface area contributed by atoms with E-state index in [1.165, 1.54) is 18.2 Å². The van der Waals surface area contributed by atoms with Crippen LogP contribution in [0.25, 0.3) is 6.08 Å². The van der Waals surface area contributed by atoms with Gasteiger partial charge >= 0.3 is 6.03 Å². The second-order valence-corrected chi connectivity index (χ2v) is 10.3. The Hall–Kier alpha value is -3.72. The molecule has 3 aromatic rings. The Kier molecular flexibility index (Phi) is 10.2. The molecule has 0 aliphatic carbocycles. The maximum Gasteiger partial charge on any atom is 0.331 e. The van der Waals surface area contributed by atoms with Gasteiger partial charge in [-0.25, -0.2) is 4.79 Å². The fourth-order valence-electron chi connectivity index (χ4n) is 4.05. The van der Waals surface area contributed by atoms with E-state index in [9.17, 15) is 14.4 Å². The second-order valence-electron chi connectivity index (χ2n) is 9.00. The predicted octanol–water partition coefficient (Wildman–Crippen LogP) is 7.08. The van der Waals surface area contributed by atoms with Gasteiger partial charge in [-0.1, -0.05) is 59.9 Å². The summed E-state index contributed by atoms with van der Waals surface area (Å²) >= 11 is 18.7. The van der Waals surface area contributed by atoms with Crippen LogP contribution >= 0.6 is 34.8 Å². The quantitative estimate of drug-likeness (QED) is 0.183. The molecule has 4 rings (SSSR count). The molecule has 0 aromatic heterocycles. The van der Waals surface area contributed by atoms with Crippen molar-refractivity contribution in [2.75, 3.05) is 13.2 Å². The van der Waals surface area contributed by atoms with Crippen LogP contribution in [0, 0.1) is 0 Å². The monoisotopic (exact) mass is 616 g/mol. The number of rotatable bonds is 11. The van der Waals surface area contributed by atoms with Crippen molar-refractivity contribution < 1.29 is 28.6 Å². The first-order chi connectivity index (χ1) is 19.7. The lowest BCUT2D eigenvalue weighted by Crippen LogP contribution is -2.53. The highest BCUT2D eigenvalue weighted by Crippen LogP contribution is 2.35. The van der Waals surface area contributed by atoms with E-state index in [2.05, 4.69) is 5.32 Å². The molecule has 1 aliphatic heterocycles. The molecule has 0 atom stereocenters. The molecular weight excluding hydrogens is 591 g/mol. The van der Waals surface area contributed by atoms with Crippen LogP contribution in [-0.2, 0) is 22.7 Å². The van der Waals surface area contributed by atoms with Crippen molar-refractivity contribution in [2.24, 2.45) is 0 Å². The Balaban J connectivity index is 1.63. The van der Waals surface area contributed by atoms with E-state index >= 15 is 0 Å². The molecule has 0 radical (unpaired) electrons. The van der Waals surface area contributed by atoms with E-state index in [1.807, 2.05) is 19.9 Å². The SMILES string of the molecule is CCCOc1ccc(CN2C(=O)NC(=O)/C(=C\c3cc(Cl)cc(Cl)c3OCc3cccc(Cl)c3)C2=O)cc1OCC. The van der Waals surface area contributed by atoms with E-state index in [0.29, 0.717) is 35.3 Å². The molecule has 1 N–H and O–H groups in total. The normalized spacial score (nSPS) is 14.3. The number of hydrogen-bond donors (Lipinski definition) is 1. The van der Waals surface area contributed by atoms with Crippen LogP contribution in [0.1, 0.15) is 37.0 Å². The molecule has 0 unspecified atom stereocenters. The van der Waals surface area contributed by atoms with Crippen molar-refractivity contribution in [2.45, 2.75) is 33.4 Å². The Morgan fingerprint density at radius 1 is 0.854 bits per heavy atom. The van der Waals surface area contributed by atoms with Crippen LogP contribution in [0.2, 0.25) is 15.1 Å². The van der Waals surface area contributed by atoms with Gasteiger partial charge in [-0.2, -0.15) is 0 Å². The molecule has 4 amide bonds. The fraction of sp³-hybridized carbons (Fsp3) is 0.233. The third-order valence-corrected chi connectivity index (χ3v) is 6.64. The number of amides is 4. The molecule has 1 heterocycles. The van der Waals surface area contributed by atoms with Crippen molar-refractivity contribution >= 4 is 58.7 Å². The van der Waals surface area contributed by atoms with Crippen LogP contribution in [-0.4, -0.2) is 36.0 Å². The molecule has 1 saturated heterocycles. The number of nitrogens with zero attached hydrogens (tertiary/aromatic N) is 1. The summed E-state index contributed by atoms with van der Waals surface area (Å²) in [4.78, 5) is 39.9. The zero-order valence-electron chi connectivity index (χ0n) is 22.3. The number of barbiturate groups is 1. The lowest BCUT2D eigenvalue weighted by molar-refractivity contribution is -0.130. The van der Waals surface area contributed by atoms with Crippen molar-refractivity contribution in [3.8, 4) is 17.2 Å². The Morgan fingerprint density at radius 2 is 1.66 bits per heavy atom. The first-order valence-electron chi connectivity index (χ1n) is 12.8. The Bertz CT molecular complexity index is 1510. The summed E-state index contributed by atoms with van der Waals surface area (Å²) in [5.74, 6) is -0.390. The fourth-order valence-corrected chi connectivity index (χ4v) is 4.82. The number of nitrogens with one attached hydrogen (secondary N) is 1. The molecule has 214 valence electrons. The van der Waals surface area contributed by atoms with Gasteiger partial charge in [0.05, 0.1) is 24.8 Å². The zero-order valence-corrected chi connectivity index (χ0v) is 24.6. The summed E-state index contributed by atoms with van der Waals surface area (Å²) in [6.45, 7) is 4.76. The van der Waals surface area contributed by atoms with Gasteiger partial charge in [0, 0.05) is 15.6 Å². The summed E-state index contributed by atoms with van der Waals surface area (Å²) in [6.07, 6.45) is 2.12. The minimum absolute atomic E-state index is 0.113. The van der Waals surface area contributed by atoms with Crippen molar-refractivity contribution in [3.05, 3.63) is 91.9 Å². The highest BCUT2D eigenvalue weighted by Gasteiger charge is 2.36. The zero-order chi connectivity index (χ0) is 29.5. The van der Waals surface area contributed by atoms with Crippen LogP contribution in [0.3, 0.4) is 0 Å². The lowest BCUT2D eigenvalue weighted by atomic mass is 10.1. The first-order valence-corrected chi connectivity index (χ1v) is 14.0. The summed E-state index contributed by atoms with van der Waals surface area (Å²) in [5, 5.41) is 3.21. The van der Waals surface area contributed by atoms with E-state index in [0.717, 1.165) is 16.9 Å². The van der Waals surface area contributed by atoms with Gasteiger partial charge in [0.25, 0.3) is 11.8 Å². The van der Waals surface area contributed by atoms with Crippen molar-refractivity contribution in [1.82, 2.24) is 10.2 Å². The minimum atomic E-state index is -0.855. The van der Waals surface area contributed by atoms with Gasteiger partial charge in [0.1, 0.15) is 17.9 Å². The predicted molar refractivity (Wildman–Crippen MR) is 158 cm³/mol. The molecule has 3 aromatic carbocycles. The van der Waals surface area contributed by atoms with E-state index in [4.69, 9.17) is 49.0 Å². The molecule has 0 bridgehead atoms. The molecule has 1 fully saturated rings. The molecule has 11 heteroatoms. The largest absolute Gasteiger partial charge is 0.490 e. The number of benzene rings is 3. The van der Waals surface area contributed by atoms with Crippen LogP contribution < -0.4 is 19.5 Å². The van der Waals surface area contributed by atoms with Gasteiger partial charge < -0.3 is 14.2 Å². The molecule has 0 spiro atoms. The van der Waals surface area contributed by atoms with Gasteiger partial charge in [-0.3, -0.25) is 19.8 Å². The minimum Gasteiger partial charge on any atom is -0.490 e. The number of carbonyl (C=O) groups is 3. The highest BCUT2D eigenvalue weighted by molar-refractivity contribution is 6.36. The van der Waals surface area contributed by atoms with Crippen molar-refractivity contribution in [1.29, 1.82) is 0 Å². The molecule has 8 nitrogen and oxygen atoms in total. The summed E-state index contributed by atoms with van der Waals surface area (Å²) in [7, 11) is 0. The number of ether oxygens (including phenoxy) is 3. The molecular formula is C30H27Cl3N2O6. The van der Waals surface area contributed by atoms with E-state index in [1.54, 1.807) is 36.4 Å². The summed E-state index contributed by atoms with van der Waals surface area (Å²) < 4.78 is 17.4. The second kappa shape index (κ2) is 13.8. The van der Waals surface area contributed by atoms with E-state index in [-0.39, 0.29) is 40.1 Å². The van der Waals surface area contributed by atoms with Gasteiger partial charge in [-0.15, -0.1) is 0 Å². The van der Waals surface area contributed by atoms with Crippen LogP contribution in [0.5, 0.6) is 17.2 Å². The summed E-state index contributed by atoms with van der Waals surface area (Å²) in [5.41, 5.74) is 1.38. The maximum atomic E-state index is 13.5. The van der Waals surface area contributed by atoms with Gasteiger partial charge in [0.2, 0.25) is 0 Å². The van der Waals surface area contributed by atoms with Gasteiger partial charge in [-0.05, 0) is 66.9 Å². The number of hydrogen-bond acceptors (Lipinski definition) is 6. The van der Waals surface area contributed by atoms with Crippen LogP contribution in [0.4, 0.5) is 4.79 Å². The number of imide groups is 2. The average molecular weight is 618 g/mol. The Morgan fingerprint density at radius 3 is 2.39 bits per heavy atom. The molecule has 0 saturated carbocycles. The number of halogens is 3. The summed E-state index contributed by atoms with van der Waals surface area (Å²) in [6, 6.07) is 14.4. The van der Waals surface area contributed by atoms with E-state index < -0.39 is 17.8 Å². The standard InChI is InChI=1S/C30H27Cl3N2O6/c1-3-10-40-25-9-8-18(12-26(25)39-4-2)16-35-29(37)23(28(36)34-30(35)38)14-20-13-22(32)15-24(33)27(20)41-17-19-6-5-7-21(31)11-19/h5-9,11-15H,3-4,10,16-17H2,1-2H3,(H,34,36,38)/b23-14+. The Labute approximate surface area is 252 Å². The smallest absolute Gasteiger partial charge is 0.331 e. The maximum absolute atomic E-state index is 13.5. The van der Waals surface area contributed by atoms with Crippen molar-refractivity contribution in [3.63, 3.8) is 0 Å². The lowest BCUT2D eigenvalue weighted by Gasteiger charge is -2.27. The molecule has 41 heavy (non-hydrogen) atoms. The van der Waals surface area contributed by atoms with Crippen LogP contribution in [0.15, 0.2) is 60.2 Å². The topological polar surface area (TPSA) is 94.2 Å².